The van der Waals surface area contributed by atoms with Crippen molar-refractivity contribution in [2.24, 2.45) is 0 Å². The number of amides is 1. The molecular formula is C20H18Cl2N2OS2. The molecule has 0 unspecified atom stereocenters. The van der Waals surface area contributed by atoms with Crippen LogP contribution in [0.2, 0.25) is 10.0 Å². The van der Waals surface area contributed by atoms with E-state index in [1.807, 2.05) is 49.4 Å². The smallest absolute Gasteiger partial charge is 0.230 e. The van der Waals surface area contributed by atoms with Gasteiger partial charge in [0.25, 0.3) is 0 Å². The second-order valence-electron chi connectivity index (χ2n) is 5.95. The molecule has 0 saturated carbocycles. The zero-order valence-electron chi connectivity index (χ0n) is 14.7. The number of hydrogen-bond donors (Lipinski definition) is 1. The summed E-state index contributed by atoms with van der Waals surface area (Å²) in [5.41, 5.74) is 3.03. The van der Waals surface area contributed by atoms with E-state index in [2.05, 4.69) is 10.3 Å². The van der Waals surface area contributed by atoms with Gasteiger partial charge in [0.15, 0.2) is 4.34 Å². The van der Waals surface area contributed by atoms with Crippen LogP contribution in [0.4, 0.5) is 0 Å². The van der Waals surface area contributed by atoms with E-state index in [1.54, 1.807) is 17.4 Å². The summed E-state index contributed by atoms with van der Waals surface area (Å²) >= 11 is 15.4. The minimum atomic E-state index is -0.00357. The zero-order valence-corrected chi connectivity index (χ0v) is 17.8. The Kier molecular flexibility index (Phi) is 7.19. The molecule has 0 aliphatic rings. The van der Waals surface area contributed by atoms with E-state index < -0.39 is 0 Å². The van der Waals surface area contributed by atoms with Gasteiger partial charge in [0.1, 0.15) is 0 Å². The Hall–Kier alpha value is -1.53. The quantitative estimate of drug-likeness (QED) is 0.478. The first-order valence-electron chi connectivity index (χ1n) is 8.35. The van der Waals surface area contributed by atoms with Crippen LogP contribution in [-0.2, 0) is 17.8 Å². The molecule has 0 fully saturated rings. The van der Waals surface area contributed by atoms with E-state index in [1.165, 1.54) is 11.8 Å². The van der Waals surface area contributed by atoms with Crippen LogP contribution in [0.15, 0.2) is 52.9 Å². The second kappa shape index (κ2) is 9.60. The third kappa shape index (κ3) is 5.98. The molecular weight excluding hydrogens is 419 g/mol. The highest BCUT2D eigenvalue weighted by Crippen LogP contribution is 2.31. The van der Waals surface area contributed by atoms with Crippen molar-refractivity contribution >= 4 is 52.2 Å². The van der Waals surface area contributed by atoms with Gasteiger partial charge in [0, 0.05) is 27.9 Å². The van der Waals surface area contributed by atoms with E-state index in [9.17, 15) is 4.79 Å². The average Bonchev–Trinajstić information content (AvgIpc) is 3.01. The number of hydrogen-bond acceptors (Lipinski definition) is 4. The van der Waals surface area contributed by atoms with Gasteiger partial charge in [0.2, 0.25) is 5.91 Å². The lowest BCUT2D eigenvalue weighted by molar-refractivity contribution is -0.118. The Labute approximate surface area is 177 Å². The summed E-state index contributed by atoms with van der Waals surface area (Å²) in [7, 11) is 0. The van der Waals surface area contributed by atoms with Crippen molar-refractivity contribution in [1.29, 1.82) is 0 Å². The second-order valence-corrected chi connectivity index (χ2v) is 9.10. The number of aromatic nitrogens is 1. The average molecular weight is 437 g/mol. The summed E-state index contributed by atoms with van der Waals surface area (Å²) in [4.78, 5) is 17.8. The molecule has 0 spiro atoms. The highest BCUT2D eigenvalue weighted by atomic mass is 35.5. The standard InChI is InChI=1S/C20H18Cl2N2OS2/c1-13-18(10-15-9-16(21)7-8-17(15)22)27-20(24-13)26-12-19(25)23-11-14-5-3-2-4-6-14/h2-9H,10-12H2,1H3,(H,23,25). The monoisotopic (exact) mass is 436 g/mol. The number of thioether (sulfide) groups is 1. The maximum Gasteiger partial charge on any atom is 0.230 e. The Morgan fingerprint density at radius 2 is 1.96 bits per heavy atom. The van der Waals surface area contributed by atoms with Crippen molar-refractivity contribution in [3.8, 4) is 0 Å². The van der Waals surface area contributed by atoms with Crippen molar-refractivity contribution < 1.29 is 4.79 Å². The number of aryl methyl sites for hydroxylation is 1. The van der Waals surface area contributed by atoms with Crippen LogP contribution in [0.3, 0.4) is 0 Å². The van der Waals surface area contributed by atoms with Gasteiger partial charge in [-0.05, 0) is 36.2 Å². The Balaban J connectivity index is 1.55. The molecule has 1 N–H and O–H groups in total. The molecule has 1 amide bonds. The van der Waals surface area contributed by atoms with E-state index in [-0.39, 0.29) is 5.91 Å². The summed E-state index contributed by atoms with van der Waals surface area (Å²) in [5.74, 6) is 0.341. The molecule has 27 heavy (non-hydrogen) atoms. The highest BCUT2D eigenvalue weighted by molar-refractivity contribution is 8.01. The fourth-order valence-corrected chi connectivity index (χ4v) is 4.92. The number of carbonyl (C=O) groups excluding carboxylic acids is 1. The van der Waals surface area contributed by atoms with Crippen LogP contribution >= 0.6 is 46.3 Å². The molecule has 2 aromatic carbocycles. The third-order valence-electron chi connectivity index (χ3n) is 3.89. The summed E-state index contributed by atoms with van der Waals surface area (Å²) in [6.07, 6.45) is 0.684. The first-order chi connectivity index (χ1) is 13.0. The first-order valence-corrected chi connectivity index (χ1v) is 10.9. The number of rotatable bonds is 7. The molecule has 0 aliphatic carbocycles. The predicted molar refractivity (Wildman–Crippen MR) is 115 cm³/mol. The number of halogens is 2. The van der Waals surface area contributed by atoms with E-state index in [0.717, 1.165) is 26.0 Å². The minimum Gasteiger partial charge on any atom is -0.351 e. The molecule has 0 aliphatic heterocycles. The number of thiazole rings is 1. The minimum absolute atomic E-state index is 0.00357. The van der Waals surface area contributed by atoms with Crippen LogP contribution < -0.4 is 5.32 Å². The van der Waals surface area contributed by atoms with Crippen LogP contribution in [0.5, 0.6) is 0 Å². The Morgan fingerprint density at radius 3 is 2.74 bits per heavy atom. The van der Waals surface area contributed by atoms with Gasteiger partial charge in [-0.1, -0.05) is 65.3 Å². The van der Waals surface area contributed by atoms with Gasteiger partial charge < -0.3 is 5.32 Å². The molecule has 140 valence electrons. The third-order valence-corrected chi connectivity index (χ3v) is 6.80. The summed E-state index contributed by atoms with van der Waals surface area (Å²) in [6, 6.07) is 15.3. The summed E-state index contributed by atoms with van der Waals surface area (Å²) in [5, 5.41) is 4.29. The van der Waals surface area contributed by atoms with E-state index in [4.69, 9.17) is 23.2 Å². The predicted octanol–water partition coefficient (Wildman–Crippen LogP) is 5.76. The molecule has 0 radical (unpaired) electrons. The normalized spacial score (nSPS) is 10.8. The maximum absolute atomic E-state index is 12.1. The number of nitrogens with one attached hydrogen (secondary N) is 1. The summed E-state index contributed by atoms with van der Waals surface area (Å²) in [6.45, 7) is 2.51. The van der Waals surface area contributed by atoms with E-state index >= 15 is 0 Å². The van der Waals surface area contributed by atoms with Gasteiger partial charge >= 0.3 is 0 Å². The maximum atomic E-state index is 12.1. The van der Waals surface area contributed by atoms with Crippen molar-refractivity contribution in [3.63, 3.8) is 0 Å². The van der Waals surface area contributed by atoms with Crippen molar-refractivity contribution in [3.05, 3.63) is 80.3 Å². The van der Waals surface area contributed by atoms with Gasteiger partial charge in [-0.15, -0.1) is 11.3 Å². The van der Waals surface area contributed by atoms with Crippen molar-refractivity contribution in [2.45, 2.75) is 24.2 Å². The number of benzene rings is 2. The SMILES string of the molecule is Cc1nc(SCC(=O)NCc2ccccc2)sc1Cc1cc(Cl)ccc1Cl. The van der Waals surface area contributed by atoms with Crippen LogP contribution in [0.25, 0.3) is 0 Å². The number of nitrogens with zero attached hydrogens (tertiary/aromatic N) is 1. The van der Waals surface area contributed by atoms with Crippen molar-refractivity contribution in [1.82, 2.24) is 10.3 Å². The fraction of sp³-hybridized carbons (Fsp3) is 0.200. The molecule has 1 heterocycles. The van der Waals surface area contributed by atoms with Gasteiger partial charge in [-0.2, -0.15) is 0 Å². The largest absolute Gasteiger partial charge is 0.351 e. The molecule has 7 heteroatoms. The molecule has 0 bridgehead atoms. The molecule has 0 saturated heterocycles. The lowest BCUT2D eigenvalue weighted by atomic mass is 10.1. The lowest BCUT2D eigenvalue weighted by Gasteiger charge is -2.04. The lowest BCUT2D eigenvalue weighted by Crippen LogP contribution is -2.24. The van der Waals surface area contributed by atoms with Crippen LogP contribution in [0.1, 0.15) is 21.7 Å². The van der Waals surface area contributed by atoms with Crippen LogP contribution in [0, 0.1) is 6.92 Å². The molecule has 0 atom stereocenters. The molecule has 3 nitrogen and oxygen atoms in total. The highest BCUT2D eigenvalue weighted by Gasteiger charge is 2.12. The van der Waals surface area contributed by atoms with Gasteiger partial charge in [-0.25, -0.2) is 4.98 Å². The van der Waals surface area contributed by atoms with Crippen LogP contribution in [-0.4, -0.2) is 16.6 Å². The zero-order chi connectivity index (χ0) is 19.2. The Bertz CT molecular complexity index is 929. The Morgan fingerprint density at radius 1 is 1.19 bits per heavy atom. The molecule has 1 aromatic heterocycles. The van der Waals surface area contributed by atoms with E-state index in [0.29, 0.717) is 28.8 Å². The summed E-state index contributed by atoms with van der Waals surface area (Å²) < 4.78 is 0.885. The topological polar surface area (TPSA) is 42.0 Å². The molecule has 3 rings (SSSR count). The van der Waals surface area contributed by atoms with Gasteiger partial charge in [0.05, 0.1) is 11.4 Å². The van der Waals surface area contributed by atoms with Crippen molar-refractivity contribution in [2.75, 3.05) is 5.75 Å². The molecule has 3 aromatic rings. The number of carbonyl (C=O) groups is 1. The first kappa shape index (κ1) is 20.2. The van der Waals surface area contributed by atoms with Gasteiger partial charge in [-0.3, -0.25) is 4.79 Å². The fourth-order valence-electron chi connectivity index (χ4n) is 2.45.